The van der Waals surface area contributed by atoms with Crippen LogP contribution >= 0.6 is 27.5 Å². The molecule has 74 valence electrons. The average molecular weight is 268 g/mol. The second kappa shape index (κ2) is 5.62. The SMILES string of the molecule is Cn1nccc1COC(CCl)CBr. The Kier molecular flexibility index (Phi) is 4.77. The number of halogens is 2. The summed E-state index contributed by atoms with van der Waals surface area (Å²) in [7, 11) is 1.89. The Morgan fingerprint density at radius 2 is 2.54 bits per heavy atom. The van der Waals surface area contributed by atoms with E-state index in [-0.39, 0.29) is 6.10 Å². The van der Waals surface area contributed by atoms with E-state index in [0.29, 0.717) is 12.5 Å². The molecule has 0 saturated carbocycles. The largest absolute Gasteiger partial charge is 0.370 e. The zero-order chi connectivity index (χ0) is 9.68. The third-order valence-electron chi connectivity index (χ3n) is 1.73. The van der Waals surface area contributed by atoms with E-state index in [1.54, 1.807) is 10.9 Å². The topological polar surface area (TPSA) is 27.1 Å². The molecule has 0 saturated heterocycles. The van der Waals surface area contributed by atoms with Gasteiger partial charge in [0, 0.05) is 24.5 Å². The molecule has 1 atom stereocenters. The van der Waals surface area contributed by atoms with Crippen molar-refractivity contribution in [1.82, 2.24) is 9.78 Å². The first-order chi connectivity index (χ1) is 6.27. The van der Waals surface area contributed by atoms with Gasteiger partial charge in [0.2, 0.25) is 0 Å². The summed E-state index contributed by atoms with van der Waals surface area (Å²) < 4.78 is 7.32. The van der Waals surface area contributed by atoms with Crippen LogP contribution in [0.1, 0.15) is 5.69 Å². The number of ether oxygens (including phenoxy) is 1. The van der Waals surface area contributed by atoms with Crippen molar-refractivity contribution in [3.8, 4) is 0 Å². The van der Waals surface area contributed by atoms with Gasteiger partial charge < -0.3 is 4.74 Å². The average Bonchev–Trinajstić information content (AvgIpc) is 2.54. The van der Waals surface area contributed by atoms with E-state index in [4.69, 9.17) is 16.3 Å². The van der Waals surface area contributed by atoms with Crippen molar-refractivity contribution in [2.75, 3.05) is 11.2 Å². The fourth-order valence-electron chi connectivity index (χ4n) is 0.876. The number of hydrogen-bond donors (Lipinski definition) is 0. The summed E-state index contributed by atoms with van der Waals surface area (Å²) in [5.74, 6) is 0.503. The van der Waals surface area contributed by atoms with Crippen LogP contribution < -0.4 is 0 Å². The number of hydrogen-bond acceptors (Lipinski definition) is 2. The van der Waals surface area contributed by atoms with E-state index in [1.165, 1.54) is 0 Å². The summed E-state index contributed by atoms with van der Waals surface area (Å²) in [5.41, 5.74) is 1.05. The van der Waals surface area contributed by atoms with Crippen molar-refractivity contribution >= 4 is 27.5 Å². The van der Waals surface area contributed by atoms with Crippen LogP contribution in [-0.4, -0.2) is 27.1 Å². The van der Waals surface area contributed by atoms with Crippen LogP contribution in [0.2, 0.25) is 0 Å². The standard InChI is InChI=1S/C8H12BrClN2O/c1-12-7(2-3-11-12)6-13-8(4-9)5-10/h2-3,8H,4-6H2,1H3. The molecule has 1 unspecified atom stereocenters. The lowest BCUT2D eigenvalue weighted by atomic mass is 10.4. The van der Waals surface area contributed by atoms with Crippen molar-refractivity contribution in [2.24, 2.45) is 7.05 Å². The quantitative estimate of drug-likeness (QED) is 0.763. The maximum absolute atomic E-state index is 5.67. The van der Waals surface area contributed by atoms with Crippen LogP contribution in [0.15, 0.2) is 12.3 Å². The molecule has 13 heavy (non-hydrogen) atoms. The summed E-state index contributed by atoms with van der Waals surface area (Å²) in [4.78, 5) is 0. The third-order valence-corrected chi connectivity index (χ3v) is 2.80. The minimum atomic E-state index is 0.0663. The molecule has 3 nitrogen and oxygen atoms in total. The number of aryl methyl sites for hydroxylation is 1. The fraction of sp³-hybridized carbons (Fsp3) is 0.625. The highest BCUT2D eigenvalue weighted by Gasteiger charge is 2.06. The maximum atomic E-state index is 5.67. The van der Waals surface area contributed by atoms with Crippen LogP contribution in [0.25, 0.3) is 0 Å². The van der Waals surface area contributed by atoms with Crippen LogP contribution in [0.5, 0.6) is 0 Å². The van der Waals surface area contributed by atoms with E-state index >= 15 is 0 Å². The van der Waals surface area contributed by atoms with Gasteiger partial charge in [0.05, 0.1) is 18.4 Å². The van der Waals surface area contributed by atoms with Gasteiger partial charge in [0.15, 0.2) is 0 Å². The molecule has 0 aromatic carbocycles. The molecule has 0 aliphatic rings. The Morgan fingerprint density at radius 1 is 1.77 bits per heavy atom. The molecule has 0 bridgehead atoms. The van der Waals surface area contributed by atoms with Gasteiger partial charge in [-0.15, -0.1) is 11.6 Å². The summed E-state index contributed by atoms with van der Waals surface area (Å²) in [5, 5.41) is 4.80. The van der Waals surface area contributed by atoms with Gasteiger partial charge in [-0.1, -0.05) is 15.9 Å². The number of alkyl halides is 2. The first-order valence-electron chi connectivity index (χ1n) is 3.98. The lowest BCUT2D eigenvalue weighted by Crippen LogP contribution is -2.17. The molecule has 0 radical (unpaired) electrons. The van der Waals surface area contributed by atoms with E-state index in [1.807, 2.05) is 13.1 Å². The fourth-order valence-corrected chi connectivity index (χ4v) is 1.75. The normalized spacial score (nSPS) is 13.2. The van der Waals surface area contributed by atoms with E-state index in [0.717, 1.165) is 11.0 Å². The molecule has 1 heterocycles. The highest BCUT2D eigenvalue weighted by molar-refractivity contribution is 9.09. The smallest absolute Gasteiger partial charge is 0.0889 e. The molecule has 1 aromatic heterocycles. The molecule has 0 spiro atoms. The Labute approximate surface area is 91.1 Å². The van der Waals surface area contributed by atoms with E-state index in [2.05, 4.69) is 21.0 Å². The van der Waals surface area contributed by atoms with Gasteiger partial charge in [0.1, 0.15) is 0 Å². The van der Waals surface area contributed by atoms with E-state index < -0.39 is 0 Å². The summed E-state index contributed by atoms with van der Waals surface area (Å²) >= 11 is 9.00. The molecule has 0 amide bonds. The van der Waals surface area contributed by atoms with Gasteiger partial charge in [-0.2, -0.15) is 5.10 Å². The van der Waals surface area contributed by atoms with Crippen molar-refractivity contribution in [3.05, 3.63) is 18.0 Å². The van der Waals surface area contributed by atoms with Crippen molar-refractivity contribution in [2.45, 2.75) is 12.7 Å². The predicted molar refractivity (Wildman–Crippen MR) is 56.3 cm³/mol. The summed E-state index contributed by atoms with van der Waals surface area (Å²) in [6.45, 7) is 0.555. The Bertz CT molecular complexity index is 250. The van der Waals surface area contributed by atoms with Gasteiger partial charge in [-0.25, -0.2) is 0 Å². The molecule has 0 fully saturated rings. The lowest BCUT2D eigenvalue weighted by Gasteiger charge is -2.11. The number of rotatable bonds is 5. The minimum absolute atomic E-state index is 0.0663. The molecule has 1 aromatic rings. The van der Waals surface area contributed by atoms with E-state index in [9.17, 15) is 0 Å². The first-order valence-corrected chi connectivity index (χ1v) is 5.64. The highest BCUT2D eigenvalue weighted by Crippen LogP contribution is 2.05. The maximum Gasteiger partial charge on any atom is 0.0889 e. The third kappa shape index (κ3) is 3.29. The number of nitrogens with zero attached hydrogens (tertiary/aromatic N) is 2. The molecular weight excluding hydrogens is 255 g/mol. The van der Waals surface area contributed by atoms with Crippen LogP contribution in [0.3, 0.4) is 0 Å². The van der Waals surface area contributed by atoms with Gasteiger partial charge in [0.25, 0.3) is 0 Å². The highest BCUT2D eigenvalue weighted by atomic mass is 79.9. The molecular formula is C8H12BrClN2O. The van der Waals surface area contributed by atoms with Crippen molar-refractivity contribution < 1.29 is 4.74 Å². The Balaban J connectivity index is 2.38. The predicted octanol–water partition coefficient (Wildman–Crippen LogP) is 1.94. The Morgan fingerprint density at radius 3 is 3.00 bits per heavy atom. The minimum Gasteiger partial charge on any atom is -0.370 e. The second-order valence-electron chi connectivity index (χ2n) is 2.69. The molecule has 0 aliphatic heterocycles. The zero-order valence-electron chi connectivity index (χ0n) is 7.41. The second-order valence-corrected chi connectivity index (χ2v) is 3.64. The van der Waals surface area contributed by atoms with Gasteiger partial charge in [-0.3, -0.25) is 4.68 Å². The summed E-state index contributed by atoms with van der Waals surface area (Å²) in [6, 6.07) is 1.93. The number of aromatic nitrogens is 2. The van der Waals surface area contributed by atoms with Gasteiger partial charge >= 0.3 is 0 Å². The zero-order valence-corrected chi connectivity index (χ0v) is 9.75. The Hall–Kier alpha value is -0.0600. The monoisotopic (exact) mass is 266 g/mol. The first kappa shape index (κ1) is 11.0. The van der Waals surface area contributed by atoms with Crippen LogP contribution in [-0.2, 0) is 18.4 Å². The van der Waals surface area contributed by atoms with Crippen molar-refractivity contribution in [1.29, 1.82) is 0 Å². The van der Waals surface area contributed by atoms with Gasteiger partial charge in [-0.05, 0) is 6.07 Å². The van der Waals surface area contributed by atoms with Crippen LogP contribution in [0, 0.1) is 0 Å². The molecule has 5 heteroatoms. The molecule has 0 aliphatic carbocycles. The molecule has 1 rings (SSSR count). The van der Waals surface area contributed by atoms with Crippen molar-refractivity contribution in [3.63, 3.8) is 0 Å². The lowest BCUT2D eigenvalue weighted by molar-refractivity contribution is 0.0676. The molecule has 0 N–H and O–H groups in total. The van der Waals surface area contributed by atoms with Crippen LogP contribution in [0.4, 0.5) is 0 Å². The summed E-state index contributed by atoms with van der Waals surface area (Å²) in [6.07, 6.45) is 1.82.